The van der Waals surface area contributed by atoms with E-state index in [4.69, 9.17) is 5.84 Å². The topological polar surface area (TPSA) is 75.9 Å². The highest BCUT2D eigenvalue weighted by atomic mass is 15.3. The van der Waals surface area contributed by atoms with E-state index in [0.29, 0.717) is 22.6 Å². The van der Waals surface area contributed by atoms with Crippen LogP contribution in [-0.4, -0.2) is 16.5 Å². The summed E-state index contributed by atoms with van der Waals surface area (Å²) in [4.78, 5) is 8.33. The molecular formula is C13H23N5. The van der Waals surface area contributed by atoms with Gasteiger partial charge in [-0.05, 0) is 23.7 Å². The first kappa shape index (κ1) is 13.1. The average molecular weight is 249 g/mol. The lowest BCUT2D eigenvalue weighted by Crippen LogP contribution is -2.14. The minimum absolute atomic E-state index is 0.385. The van der Waals surface area contributed by atoms with Gasteiger partial charge in [0, 0.05) is 12.1 Å². The maximum absolute atomic E-state index is 5.41. The van der Waals surface area contributed by atoms with Crippen LogP contribution in [0.4, 0.5) is 11.6 Å². The van der Waals surface area contributed by atoms with Gasteiger partial charge >= 0.3 is 0 Å². The van der Waals surface area contributed by atoms with Gasteiger partial charge in [0.05, 0.1) is 0 Å². The van der Waals surface area contributed by atoms with Crippen LogP contribution in [0.3, 0.4) is 0 Å². The predicted molar refractivity (Wildman–Crippen MR) is 74.1 cm³/mol. The number of anilines is 2. The summed E-state index contributed by atoms with van der Waals surface area (Å²) in [5.74, 6) is 7.59. The van der Waals surface area contributed by atoms with Crippen LogP contribution in [0.2, 0.25) is 0 Å². The second-order valence-electron chi connectivity index (χ2n) is 6.22. The molecule has 2 rings (SSSR count). The van der Waals surface area contributed by atoms with Crippen molar-refractivity contribution in [3.63, 3.8) is 0 Å². The van der Waals surface area contributed by atoms with E-state index in [9.17, 15) is 0 Å². The minimum Gasteiger partial charge on any atom is -0.369 e. The Morgan fingerprint density at radius 3 is 2.22 bits per heavy atom. The Morgan fingerprint density at radius 2 is 1.72 bits per heavy atom. The lowest BCUT2D eigenvalue weighted by Gasteiger charge is -2.11. The summed E-state index contributed by atoms with van der Waals surface area (Å²) in [5, 5.41) is 3.41. The van der Waals surface area contributed by atoms with Crippen LogP contribution in [-0.2, 0) is 0 Å². The Morgan fingerprint density at radius 1 is 1.17 bits per heavy atom. The fourth-order valence-electron chi connectivity index (χ4n) is 2.82. The van der Waals surface area contributed by atoms with Crippen LogP contribution < -0.4 is 16.6 Å². The number of nitrogens with two attached hydrogens (primary N) is 1. The molecule has 0 atom stereocenters. The molecule has 0 unspecified atom stereocenters. The van der Waals surface area contributed by atoms with Gasteiger partial charge in [0.15, 0.2) is 0 Å². The van der Waals surface area contributed by atoms with E-state index in [1.165, 1.54) is 6.33 Å². The van der Waals surface area contributed by atoms with Crippen LogP contribution in [0.5, 0.6) is 0 Å². The molecule has 1 aromatic rings. The van der Waals surface area contributed by atoms with Gasteiger partial charge in [-0.15, -0.1) is 0 Å². The van der Waals surface area contributed by atoms with Crippen molar-refractivity contribution in [1.82, 2.24) is 9.97 Å². The van der Waals surface area contributed by atoms with E-state index in [1.807, 2.05) is 6.92 Å². The van der Waals surface area contributed by atoms with Crippen LogP contribution in [0.15, 0.2) is 6.33 Å². The van der Waals surface area contributed by atoms with Crippen molar-refractivity contribution in [3.05, 3.63) is 11.9 Å². The number of nitrogens with one attached hydrogen (secondary N) is 2. The van der Waals surface area contributed by atoms with Crippen molar-refractivity contribution in [2.24, 2.45) is 22.6 Å². The second-order valence-corrected chi connectivity index (χ2v) is 6.22. The summed E-state index contributed by atoms with van der Waals surface area (Å²) in [5.41, 5.74) is 4.30. The fraction of sp³-hybridized carbons (Fsp3) is 0.692. The van der Waals surface area contributed by atoms with E-state index in [-0.39, 0.29) is 0 Å². The molecule has 1 aliphatic carbocycles. The highest BCUT2D eigenvalue weighted by Gasteiger charge is 2.64. The molecule has 1 aliphatic rings. The molecule has 4 N–H and O–H groups in total. The van der Waals surface area contributed by atoms with Crippen molar-refractivity contribution in [2.75, 3.05) is 17.3 Å². The first-order chi connectivity index (χ1) is 8.32. The number of nitrogens with zero attached hydrogens (tertiary/aromatic N) is 2. The molecule has 0 radical (unpaired) electrons. The molecule has 0 amide bonds. The van der Waals surface area contributed by atoms with Crippen molar-refractivity contribution in [3.8, 4) is 0 Å². The zero-order valence-electron chi connectivity index (χ0n) is 11.8. The van der Waals surface area contributed by atoms with Crippen LogP contribution >= 0.6 is 0 Å². The van der Waals surface area contributed by atoms with Crippen LogP contribution in [0.1, 0.15) is 33.3 Å². The van der Waals surface area contributed by atoms with E-state index in [2.05, 4.69) is 48.4 Å². The Hall–Kier alpha value is -1.36. The monoisotopic (exact) mass is 249 g/mol. The van der Waals surface area contributed by atoms with Crippen molar-refractivity contribution < 1.29 is 0 Å². The van der Waals surface area contributed by atoms with Crippen LogP contribution in [0.25, 0.3) is 0 Å². The van der Waals surface area contributed by atoms with E-state index in [1.54, 1.807) is 0 Å². The van der Waals surface area contributed by atoms with Gasteiger partial charge in [-0.25, -0.2) is 15.8 Å². The third kappa shape index (κ3) is 1.82. The largest absolute Gasteiger partial charge is 0.369 e. The molecule has 0 spiro atoms. The molecule has 0 aliphatic heterocycles. The molecule has 0 saturated heterocycles. The summed E-state index contributed by atoms with van der Waals surface area (Å²) in [6.45, 7) is 12.2. The molecule has 1 saturated carbocycles. The highest BCUT2D eigenvalue weighted by molar-refractivity contribution is 5.55. The summed E-state index contributed by atoms with van der Waals surface area (Å²) in [6.07, 6.45) is 1.52. The van der Waals surface area contributed by atoms with Gasteiger partial charge in [0.1, 0.15) is 18.0 Å². The number of hydrazine groups is 1. The van der Waals surface area contributed by atoms with E-state index in [0.717, 1.165) is 17.9 Å². The molecule has 1 heterocycles. The maximum Gasteiger partial charge on any atom is 0.148 e. The summed E-state index contributed by atoms with van der Waals surface area (Å²) >= 11 is 0. The third-order valence-electron chi connectivity index (χ3n) is 5.01. The van der Waals surface area contributed by atoms with Gasteiger partial charge in [0.25, 0.3) is 0 Å². The van der Waals surface area contributed by atoms with E-state index >= 15 is 0 Å². The number of aromatic nitrogens is 2. The van der Waals surface area contributed by atoms with Gasteiger partial charge in [-0.1, -0.05) is 27.7 Å². The van der Waals surface area contributed by atoms with Gasteiger partial charge in [-0.3, -0.25) is 0 Å². The van der Waals surface area contributed by atoms with E-state index < -0.39 is 0 Å². The van der Waals surface area contributed by atoms with Gasteiger partial charge < -0.3 is 10.7 Å². The lowest BCUT2D eigenvalue weighted by atomic mass is 10.0. The predicted octanol–water partition coefficient (Wildman–Crippen LogP) is 2.16. The SMILES string of the molecule is Cc1c(NN)ncnc1NCC1C(C)(C)C1(C)C. The Labute approximate surface area is 109 Å². The van der Waals surface area contributed by atoms with Crippen molar-refractivity contribution in [1.29, 1.82) is 0 Å². The molecule has 0 aromatic carbocycles. The molecule has 1 aromatic heterocycles. The standard InChI is InChI=1S/C13H23N5/c1-8-10(16-7-17-11(8)18-14)15-6-9-12(2,3)13(9,4)5/h7,9H,6,14H2,1-5H3,(H2,15,16,17,18). The number of hydrogen-bond acceptors (Lipinski definition) is 5. The smallest absolute Gasteiger partial charge is 0.148 e. The summed E-state index contributed by atoms with van der Waals surface area (Å²) < 4.78 is 0. The first-order valence-electron chi connectivity index (χ1n) is 6.34. The molecule has 100 valence electrons. The minimum atomic E-state index is 0.385. The second kappa shape index (κ2) is 4.09. The zero-order valence-corrected chi connectivity index (χ0v) is 11.8. The molecule has 5 nitrogen and oxygen atoms in total. The number of nitrogen functional groups attached to an aromatic ring is 1. The first-order valence-corrected chi connectivity index (χ1v) is 6.34. The molecule has 5 heteroatoms. The summed E-state index contributed by atoms with van der Waals surface area (Å²) in [7, 11) is 0. The summed E-state index contributed by atoms with van der Waals surface area (Å²) in [6, 6.07) is 0. The quantitative estimate of drug-likeness (QED) is 0.563. The zero-order chi connectivity index (χ0) is 13.6. The highest BCUT2D eigenvalue weighted by Crippen LogP contribution is 2.68. The van der Waals surface area contributed by atoms with Crippen LogP contribution in [0, 0.1) is 23.7 Å². The Balaban J connectivity index is 2.05. The number of rotatable bonds is 4. The molecule has 1 fully saturated rings. The fourth-order valence-corrected chi connectivity index (χ4v) is 2.82. The molecule has 0 bridgehead atoms. The van der Waals surface area contributed by atoms with Crippen molar-refractivity contribution >= 4 is 11.6 Å². The normalized spacial score (nSPS) is 20.6. The van der Waals surface area contributed by atoms with Crippen molar-refractivity contribution in [2.45, 2.75) is 34.6 Å². The average Bonchev–Trinajstić information content (AvgIpc) is 2.69. The third-order valence-corrected chi connectivity index (χ3v) is 5.01. The maximum atomic E-state index is 5.41. The number of hydrogen-bond donors (Lipinski definition) is 3. The Bertz CT molecular complexity index is 439. The molecule has 18 heavy (non-hydrogen) atoms. The van der Waals surface area contributed by atoms with Gasteiger partial charge in [-0.2, -0.15) is 0 Å². The van der Waals surface area contributed by atoms with Gasteiger partial charge in [0.2, 0.25) is 0 Å². The Kier molecular flexibility index (Phi) is 2.97. The lowest BCUT2D eigenvalue weighted by molar-refractivity contribution is 0.457. The molecular weight excluding hydrogens is 226 g/mol.